The lowest BCUT2D eigenvalue weighted by molar-refractivity contribution is -0.135. The number of nitrogens with zero attached hydrogens (tertiary/aromatic N) is 3. The summed E-state index contributed by atoms with van der Waals surface area (Å²) in [6, 6.07) is 9.30. The minimum absolute atomic E-state index is 0.128. The first kappa shape index (κ1) is 15.0. The van der Waals surface area contributed by atoms with Gasteiger partial charge >= 0.3 is 5.97 Å². The molecule has 1 heterocycles. The maximum atomic E-state index is 11.0. The standard InChI is InChI=1S/C15H19N3O3/c1-15(2,3)14-17-16-12(21-14)9-18(10-13(19)20)11-7-5-4-6-8-11/h4-8H,9-10H2,1-3H3,(H,19,20). The fraction of sp³-hybridized carbons (Fsp3) is 0.400. The highest BCUT2D eigenvalue weighted by Crippen LogP contribution is 2.22. The first-order chi connectivity index (χ1) is 9.86. The molecular weight excluding hydrogens is 270 g/mol. The molecule has 1 aromatic heterocycles. The summed E-state index contributed by atoms with van der Waals surface area (Å²) < 4.78 is 5.62. The average Bonchev–Trinajstić information content (AvgIpc) is 2.87. The van der Waals surface area contributed by atoms with Gasteiger partial charge in [0, 0.05) is 11.1 Å². The molecule has 2 aromatic rings. The van der Waals surface area contributed by atoms with Gasteiger partial charge < -0.3 is 14.4 Å². The third-order valence-electron chi connectivity index (χ3n) is 2.88. The molecule has 1 N–H and O–H groups in total. The Balaban J connectivity index is 2.19. The van der Waals surface area contributed by atoms with Crippen LogP contribution in [0, 0.1) is 0 Å². The van der Waals surface area contributed by atoms with Gasteiger partial charge in [0.05, 0.1) is 6.54 Å². The SMILES string of the molecule is CC(C)(C)c1nnc(CN(CC(=O)O)c2ccccc2)o1. The Kier molecular flexibility index (Phi) is 4.26. The van der Waals surface area contributed by atoms with E-state index in [1.54, 1.807) is 4.90 Å². The molecule has 0 aliphatic heterocycles. The molecule has 0 unspecified atom stereocenters. The summed E-state index contributed by atoms with van der Waals surface area (Å²) >= 11 is 0. The van der Waals surface area contributed by atoms with Gasteiger partial charge in [-0.1, -0.05) is 39.0 Å². The van der Waals surface area contributed by atoms with Gasteiger partial charge in [0.15, 0.2) is 0 Å². The van der Waals surface area contributed by atoms with Gasteiger partial charge in [-0.25, -0.2) is 0 Å². The van der Waals surface area contributed by atoms with E-state index in [1.165, 1.54) is 0 Å². The second-order valence-electron chi connectivity index (χ2n) is 5.84. The topological polar surface area (TPSA) is 79.5 Å². The van der Waals surface area contributed by atoms with Crippen molar-refractivity contribution < 1.29 is 14.3 Å². The summed E-state index contributed by atoms with van der Waals surface area (Å²) in [4.78, 5) is 12.7. The predicted molar refractivity (Wildman–Crippen MR) is 78.1 cm³/mol. The van der Waals surface area contributed by atoms with Crippen molar-refractivity contribution in [2.75, 3.05) is 11.4 Å². The van der Waals surface area contributed by atoms with Crippen molar-refractivity contribution in [1.29, 1.82) is 0 Å². The highest BCUT2D eigenvalue weighted by atomic mass is 16.4. The molecule has 1 aromatic carbocycles. The van der Waals surface area contributed by atoms with Crippen molar-refractivity contribution in [1.82, 2.24) is 10.2 Å². The second kappa shape index (κ2) is 5.95. The number of para-hydroxylation sites is 1. The van der Waals surface area contributed by atoms with Crippen LogP contribution < -0.4 is 4.90 Å². The van der Waals surface area contributed by atoms with Crippen molar-refractivity contribution in [3.63, 3.8) is 0 Å². The summed E-state index contributed by atoms with van der Waals surface area (Å²) in [5.74, 6) is 0.0419. The highest BCUT2D eigenvalue weighted by Gasteiger charge is 2.22. The van der Waals surface area contributed by atoms with Gasteiger partial charge in [0.25, 0.3) is 0 Å². The molecule has 6 nitrogen and oxygen atoms in total. The van der Waals surface area contributed by atoms with Crippen molar-refractivity contribution in [2.24, 2.45) is 0 Å². The van der Waals surface area contributed by atoms with E-state index < -0.39 is 5.97 Å². The van der Waals surface area contributed by atoms with E-state index in [0.29, 0.717) is 11.8 Å². The second-order valence-corrected chi connectivity index (χ2v) is 5.84. The number of benzene rings is 1. The fourth-order valence-electron chi connectivity index (χ4n) is 1.82. The maximum absolute atomic E-state index is 11.0. The quantitative estimate of drug-likeness (QED) is 0.910. The molecule has 0 amide bonds. The van der Waals surface area contributed by atoms with Crippen LogP contribution in [0.5, 0.6) is 0 Å². The van der Waals surface area contributed by atoms with Gasteiger partial charge in [0.1, 0.15) is 6.54 Å². The fourth-order valence-corrected chi connectivity index (χ4v) is 1.82. The van der Waals surface area contributed by atoms with E-state index in [9.17, 15) is 4.79 Å². The highest BCUT2D eigenvalue weighted by molar-refractivity contribution is 5.73. The third kappa shape index (κ3) is 4.05. The molecule has 0 aliphatic carbocycles. The monoisotopic (exact) mass is 289 g/mol. The maximum Gasteiger partial charge on any atom is 0.323 e. The molecule has 0 fully saturated rings. The van der Waals surface area contributed by atoms with E-state index in [1.807, 2.05) is 51.1 Å². The molecule has 21 heavy (non-hydrogen) atoms. The van der Waals surface area contributed by atoms with Crippen LogP contribution in [0.2, 0.25) is 0 Å². The molecule has 0 bridgehead atoms. The zero-order valence-corrected chi connectivity index (χ0v) is 12.4. The first-order valence-electron chi connectivity index (χ1n) is 6.71. The normalized spacial score (nSPS) is 11.4. The summed E-state index contributed by atoms with van der Waals surface area (Å²) in [5, 5.41) is 17.1. The van der Waals surface area contributed by atoms with Crippen LogP contribution in [-0.2, 0) is 16.8 Å². The molecule has 0 saturated carbocycles. The lowest BCUT2D eigenvalue weighted by Gasteiger charge is -2.20. The summed E-state index contributed by atoms with van der Waals surface area (Å²) in [7, 11) is 0. The average molecular weight is 289 g/mol. The predicted octanol–water partition coefficient (Wildman–Crippen LogP) is 2.46. The Morgan fingerprint density at radius 1 is 1.24 bits per heavy atom. The number of hydrogen-bond donors (Lipinski definition) is 1. The number of hydrogen-bond acceptors (Lipinski definition) is 5. The number of anilines is 1. The van der Waals surface area contributed by atoms with Crippen LogP contribution in [0.1, 0.15) is 32.6 Å². The molecule has 6 heteroatoms. The number of carboxylic acid groups (broad SMARTS) is 1. The van der Waals surface area contributed by atoms with Gasteiger partial charge in [-0.05, 0) is 12.1 Å². The van der Waals surface area contributed by atoms with E-state index in [-0.39, 0.29) is 18.5 Å². The molecule has 0 aliphatic rings. The number of aliphatic carboxylic acids is 1. The molecular formula is C15H19N3O3. The summed E-state index contributed by atoms with van der Waals surface area (Å²) in [5.41, 5.74) is 0.575. The lowest BCUT2D eigenvalue weighted by atomic mass is 9.97. The molecule has 0 radical (unpaired) electrons. The number of carbonyl (C=O) groups is 1. The smallest absolute Gasteiger partial charge is 0.323 e. The van der Waals surface area contributed by atoms with Crippen molar-refractivity contribution in [3.8, 4) is 0 Å². The van der Waals surface area contributed by atoms with Crippen LogP contribution in [0.25, 0.3) is 0 Å². The Bertz CT molecular complexity index is 602. The van der Waals surface area contributed by atoms with Gasteiger partial charge in [0.2, 0.25) is 11.8 Å². The number of rotatable bonds is 5. The van der Waals surface area contributed by atoms with E-state index in [2.05, 4.69) is 10.2 Å². The van der Waals surface area contributed by atoms with Crippen molar-refractivity contribution in [3.05, 3.63) is 42.1 Å². The largest absolute Gasteiger partial charge is 0.480 e. The minimum atomic E-state index is -0.908. The van der Waals surface area contributed by atoms with Crippen LogP contribution in [0.15, 0.2) is 34.7 Å². The Hall–Kier alpha value is -2.37. The Morgan fingerprint density at radius 3 is 2.43 bits per heavy atom. The van der Waals surface area contributed by atoms with Gasteiger partial charge in [-0.2, -0.15) is 0 Å². The van der Waals surface area contributed by atoms with Crippen LogP contribution in [0.4, 0.5) is 5.69 Å². The first-order valence-corrected chi connectivity index (χ1v) is 6.71. The van der Waals surface area contributed by atoms with Gasteiger partial charge in [-0.15, -0.1) is 10.2 Å². The van der Waals surface area contributed by atoms with Gasteiger partial charge in [-0.3, -0.25) is 4.79 Å². The van der Waals surface area contributed by atoms with Crippen LogP contribution >= 0.6 is 0 Å². The Morgan fingerprint density at radius 2 is 1.90 bits per heavy atom. The Labute approximate surface area is 123 Å². The lowest BCUT2D eigenvalue weighted by Crippen LogP contribution is -2.29. The summed E-state index contributed by atoms with van der Waals surface area (Å²) in [6.07, 6.45) is 0. The zero-order chi connectivity index (χ0) is 15.5. The molecule has 0 atom stereocenters. The molecule has 0 saturated heterocycles. The number of carboxylic acids is 1. The zero-order valence-electron chi connectivity index (χ0n) is 12.4. The molecule has 2 rings (SSSR count). The van der Waals surface area contributed by atoms with E-state index in [4.69, 9.17) is 9.52 Å². The van der Waals surface area contributed by atoms with Crippen molar-refractivity contribution in [2.45, 2.75) is 32.7 Å². The van der Waals surface area contributed by atoms with E-state index >= 15 is 0 Å². The summed E-state index contributed by atoms with van der Waals surface area (Å²) in [6.45, 7) is 6.08. The van der Waals surface area contributed by atoms with Crippen LogP contribution in [-0.4, -0.2) is 27.8 Å². The van der Waals surface area contributed by atoms with Crippen LogP contribution in [0.3, 0.4) is 0 Å². The third-order valence-corrected chi connectivity index (χ3v) is 2.88. The van der Waals surface area contributed by atoms with E-state index in [0.717, 1.165) is 5.69 Å². The number of aromatic nitrogens is 2. The molecule has 0 spiro atoms. The minimum Gasteiger partial charge on any atom is -0.480 e. The van der Waals surface area contributed by atoms with Crippen molar-refractivity contribution >= 4 is 11.7 Å². The molecule has 112 valence electrons.